The lowest BCUT2D eigenvalue weighted by atomic mass is 10.00. The van der Waals surface area contributed by atoms with Gasteiger partial charge in [0.2, 0.25) is 0 Å². The molecule has 0 spiro atoms. The SMILES string of the molecule is CCOC(=O)c1cc(-c2ccc(Cl)cc2)c2ccccc2n1. The number of hydrogen-bond donors (Lipinski definition) is 0. The number of fused-ring (bicyclic) bond motifs is 1. The van der Waals surface area contributed by atoms with Crippen molar-refractivity contribution in [3.63, 3.8) is 0 Å². The van der Waals surface area contributed by atoms with E-state index in [1.165, 1.54) is 0 Å². The highest BCUT2D eigenvalue weighted by Crippen LogP contribution is 2.29. The van der Waals surface area contributed by atoms with Crippen LogP contribution < -0.4 is 0 Å². The van der Waals surface area contributed by atoms with Crippen LogP contribution >= 0.6 is 11.6 Å². The Labute approximate surface area is 133 Å². The largest absolute Gasteiger partial charge is 0.461 e. The number of benzene rings is 2. The summed E-state index contributed by atoms with van der Waals surface area (Å²) in [7, 11) is 0. The minimum atomic E-state index is -0.413. The average molecular weight is 312 g/mol. The standard InChI is InChI=1S/C18H14ClNO2/c1-2-22-18(21)17-11-15(12-7-9-13(19)10-8-12)14-5-3-4-6-16(14)20-17/h3-11H,2H2,1H3. The molecule has 4 heteroatoms. The molecule has 0 radical (unpaired) electrons. The molecule has 22 heavy (non-hydrogen) atoms. The third kappa shape index (κ3) is 2.81. The van der Waals surface area contributed by atoms with Gasteiger partial charge in [0.1, 0.15) is 5.69 Å². The number of para-hydroxylation sites is 1. The van der Waals surface area contributed by atoms with Crippen molar-refractivity contribution in [2.24, 2.45) is 0 Å². The second-order valence-corrected chi connectivity index (χ2v) is 5.24. The van der Waals surface area contributed by atoms with E-state index in [4.69, 9.17) is 16.3 Å². The minimum Gasteiger partial charge on any atom is -0.461 e. The normalized spacial score (nSPS) is 10.6. The number of hydrogen-bond acceptors (Lipinski definition) is 3. The zero-order valence-corrected chi connectivity index (χ0v) is 12.8. The maximum atomic E-state index is 12.0. The number of pyridine rings is 1. The first kappa shape index (κ1) is 14.5. The van der Waals surface area contributed by atoms with Crippen LogP contribution in [0.3, 0.4) is 0 Å². The summed E-state index contributed by atoms with van der Waals surface area (Å²) < 4.78 is 5.06. The summed E-state index contributed by atoms with van der Waals surface area (Å²) in [5.74, 6) is -0.413. The Morgan fingerprint density at radius 2 is 1.86 bits per heavy atom. The fourth-order valence-corrected chi connectivity index (χ4v) is 2.48. The van der Waals surface area contributed by atoms with E-state index >= 15 is 0 Å². The van der Waals surface area contributed by atoms with E-state index in [9.17, 15) is 4.79 Å². The molecule has 0 saturated carbocycles. The Hall–Kier alpha value is -2.39. The highest BCUT2D eigenvalue weighted by Gasteiger charge is 2.13. The molecular weight excluding hydrogens is 298 g/mol. The van der Waals surface area contributed by atoms with Gasteiger partial charge in [0, 0.05) is 10.4 Å². The van der Waals surface area contributed by atoms with E-state index in [1.807, 2.05) is 48.5 Å². The Balaban J connectivity index is 2.22. The first-order valence-corrected chi connectivity index (χ1v) is 7.39. The summed E-state index contributed by atoms with van der Waals surface area (Å²) in [6, 6.07) is 17.0. The molecule has 1 heterocycles. The van der Waals surface area contributed by atoms with Gasteiger partial charge in [-0.1, -0.05) is 41.9 Å². The van der Waals surface area contributed by atoms with E-state index in [1.54, 1.807) is 13.0 Å². The highest BCUT2D eigenvalue weighted by atomic mass is 35.5. The molecule has 0 fully saturated rings. The maximum Gasteiger partial charge on any atom is 0.356 e. The van der Waals surface area contributed by atoms with Gasteiger partial charge >= 0.3 is 5.97 Å². The summed E-state index contributed by atoms with van der Waals surface area (Å²) in [5, 5.41) is 1.66. The van der Waals surface area contributed by atoms with Crippen LogP contribution in [0.25, 0.3) is 22.0 Å². The number of nitrogens with zero attached hydrogens (tertiary/aromatic N) is 1. The van der Waals surface area contributed by atoms with E-state index in [0.29, 0.717) is 17.3 Å². The van der Waals surface area contributed by atoms with Crippen molar-refractivity contribution in [2.45, 2.75) is 6.92 Å². The average Bonchev–Trinajstić information content (AvgIpc) is 2.55. The Morgan fingerprint density at radius 1 is 1.14 bits per heavy atom. The van der Waals surface area contributed by atoms with Crippen molar-refractivity contribution in [3.8, 4) is 11.1 Å². The molecule has 0 amide bonds. The fourth-order valence-electron chi connectivity index (χ4n) is 2.35. The lowest BCUT2D eigenvalue weighted by Gasteiger charge is -2.09. The first-order chi connectivity index (χ1) is 10.7. The van der Waals surface area contributed by atoms with Crippen LogP contribution in [0.1, 0.15) is 17.4 Å². The van der Waals surface area contributed by atoms with E-state index < -0.39 is 5.97 Å². The lowest BCUT2D eigenvalue weighted by molar-refractivity contribution is 0.0520. The maximum absolute atomic E-state index is 12.0. The van der Waals surface area contributed by atoms with Gasteiger partial charge in [0.25, 0.3) is 0 Å². The fraction of sp³-hybridized carbons (Fsp3) is 0.111. The van der Waals surface area contributed by atoms with Crippen LogP contribution in [0.5, 0.6) is 0 Å². The van der Waals surface area contributed by atoms with Crippen LogP contribution in [0.15, 0.2) is 54.6 Å². The monoisotopic (exact) mass is 311 g/mol. The third-order valence-electron chi connectivity index (χ3n) is 3.36. The van der Waals surface area contributed by atoms with Gasteiger partial charge in [-0.2, -0.15) is 0 Å². The summed E-state index contributed by atoms with van der Waals surface area (Å²) in [6.07, 6.45) is 0. The second kappa shape index (κ2) is 6.16. The van der Waals surface area contributed by atoms with E-state index in [0.717, 1.165) is 22.0 Å². The lowest BCUT2D eigenvalue weighted by Crippen LogP contribution is -2.07. The molecule has 0 aliphatic heterocycles. The quantitative estimate of drug-likeness (QED) is 0.656. The first-order valence-electron chi connectivity index (χ1n) is 7.02. The van der Waals surface area contributed by atoms with Crippen molar-refractivity contribution < 1.29 is 9.53 Å². The van der Waals surface area contributed by atoms with Crippen molar-refractivity contribution >= 4 is 28.5 Å². The smallest absolute Gasteiger partial charge is 0.356 e. The van der Waals surface area contributed by atoms with Gasteiger partial charge in [-0.3, -0.25) is 0 Å². The number of carbonyl (C=O) groups is 1. The molecule has 0 saturated heterocycles. The van der Waals surface area contributed by atoms with Gasteiger partial charge < -0.3 is 4.74 Å². The van der Waals surface area contributed by atoms with Crippen LogP contribution in [0.2, 0.25) is 5.02 Å². The van der Waals surface area contributed by atoms with E-state index in [-0.39, 0.29) is 0 Å². The zero-order valence-electron chi connectivity index (χ0n) is 12.0. The Morgan fingerprint density at radius 3 is 2.59 bits per heavy atom. The van der Waals surface area contributed by atoms with Gasteiger partial charge in [-0.05, 0) is 42.3 Å². The summed E-state index contributed by atoms with van der Waals surface area (Å²) in [6.45, 7) is 2.10. The highest BCUT2D eigenvalue weighted by molar-refractivity contribution is 6.30. The van der Waals surface area contributed by atoms with Crippen molar-refractivity contribution in [2.75, 3.05) is 6.61 Å². The topological polar surface area (TPSA) is 39.2 Å². The number of aromatic nitrogens is 1. The molecule has 0 atom stereocenters. The Kier molecular flexibility index (Phi) is 4.07. The van der Waals surface area contributed by atoms with Gasteiger partial charge in [0.15, 0.2) is 0 Å². The van der Waals surface area contributed by atoms with Crippen molar-refractivity contribution in [1.82, 2.24) is 4.98 Å². The number of carbonyl (C=O) groups excluding carboxylic acids is 1. The number of esters is 1. The molecule has 3 aromatic rings. The zero-order chi connectivity index (χ0) is 15.5. The molecule has 0 aliphatic carbocycles. The molecule has 0 bridgehead atoms. The van der Waals surface area contributed by atoms with Crippen LogP contribution in [-0.4, -0.2) is 17.6 Å². The molecule has 0 N–H and O–H groups in total. The molecule has 110 valence electrons. The van der Waals surface area contributed by atoms with E-state index in [2.05, 4.69) is 4.98 Å². The molecule has 3 rings (SSSR count). The van der Waals surface area contributed by atoms with Gasteiger partial charge in [-0.15, -0.1) is 0 Å². The molecule has 3 nitrogen and oxygen atoms in total. The van der Waals surface area contributed by atoms with Crippen LogP contribution in [0, 0.1) is 0 Å². The predicted molar refractivity (Wildman–Crippen MR) is 88.1 cm³/mol. The Bertz CT molecular complexity index is 828. The molecule has 0 unspecified atom stereocenters. The number of ether oxygens (including phenoxy) is 1. The minimum absolute atomic E-state index is 0.311. The third-order valence-corrected chi connectivity index (χ3v) is 3.61. The summed E-state index contributed by atoms with van der Waals surface area (Å²) >= 11 is 5.95. The van der Waals surface area contributed by atoms with Crippen molar-refractivity contribution in [3.05, 3.63) is 65.3 Å². The molecule has 0 aliphatic rings. The van der Waals surface area contributed by atoms with Crippen molar-refractivity contribution in [1.29, 1.82) is 0 Å². The second-order valence-electron chi connectivity index (χ2n) is 4.80. The van der Waals surface area contributed by atoms with Crippen LogP contribution in [-0.2, 0) is 4.74 Å². The molecule has 2 aromatic carbocycles. The molecular formula is C18H14ClNO2. The summed E-state index contributed by atoms with van der Waals surface area (Å²) in [4.78, 5) is 16.4. The van der Waals surface area contributed by atoms with Crippen LogP contribution in [0.4, 0.5) is 0 Å². The molecule has 1 aromatic heterocycles. The predicted octanol–water partition coefficient (Wildman–Crippen LogP) is 4.73. The number of rotatable bonds is 3. The number of halogens is 1. The summed E-state index contributed by atoms with van der Waals surface area (Å²) in [5.41, 5.74) is 2.99. The van der Waals surface area contributed by atoms with Gasteiger partial charge in [-0.25, -0.2) is 9.78 Å². The van der Waals surface area contributed by atoms with Gasteiger partial charge in [0.05, 0.1) is 12.1 Å².